The minimum atomic E-state index is 0.461. The van der Waals surface area contributed by atoms with Gasteiger partial charge >= 0.3 is 0 Å². The van der Waals surface area contributed by atoms with Crippen LogP contribution in [0, 0.1) is 12.8 Å². The second-order valence-electron chi connectivity index (χ2n) is 8.07. The molecule has 0 aliphatic carbocycles. The summed E-state index contributed by atoms with van der Waals surface area (Å²) in [5, 5.41) is 7.11. The summed E-state index contributed by atoms with van der Waals surface area (Å²) in [7, 11) is 1.85. The van der Waals surface area contributed by atoms with Crippen molar-refractivity contribution < 1.29 is 4.74 Å². The Morgan fingerprint density at radius 3 is 2.64 bits per heavy atom. The van der Waals surface area contributed by atoms with Crippen molar-refractivity contribution in [2.24, 2.45) is 10.9 Å². The van der Waals surface area contributed by atoms with Gasteiger partial charge in [-0.05, 0) is 37.3 Å². The predicted molar refractivity (Wildman–Crippen MR) is 115 cm³/mol. The van der Waals surface area contributed by atoms with Crippen LogP contribution in [0.3, 0.4) is 0 Å². The van der Waals surface area contributed by atoms with Crippen LogP contribution >= 0.6 is 0 Å². The highest BCUT2D eigenvalue weighted by molar-refractivity contribution is 5.80. The molecular formula is C21H36N6O. The van der Waals surface area contributed by atoms with E-state index in [-0.39, 0.29) is 0 Å². The van der Waals surface area contributed by atoms with Crippen molar-refractivity contribution in [3.05, 3.63) is 23.9 Å². The maximum absolute atomic E-state index is 5.43. The lowest BCUT2D eigenvalue weighted by atomic mass is 10.1. The maximum atomic E-state index is 5.43. The Balaban J connectivity index is 1.37. The molecule has 1 aromatic rings. The summed E-state index contributed by atoms with van der Waals surface area (Å²) in [4.78, 5) is 13.8. The van der Waals surface area contributed by atoms with Crippen molar-refractivity contribution in [1.82, 2.24) is 20.5 Å². The Morgan fingerprint density at radius 2 is 2.00 bits per heavy atom. The minimum Gasteiger partial charge on any atom is -0.379 e. The van der Waals surface area contributed by atoms with E-state index in [1.807, 2.05) is 13.2 Å². The van der Waals surface area contributed by atoms with E-state index in [0.717, 1.165) is 77.1 Å². The third-order valence-electron chi connectivity index (χ3n) is 5.57. The number of nitrogens with one attached hydrogen (secondary N) is 2. The van der Waals surface area contributed by atoms with Crippen molar-refractivity contribution in [1.29, 1.82) is 0 Å². The molecule has 2 aliphatic heterocycles. The largest absolute Gasteiger partial charge is 0.379 e. The second kappa shape index (κ2) is 10.6. The van der Waals surface area contributed by atoms with Crippen LogP contribution in [0.5, 0.6) is 0 Å². The van der Waals surface area contributed by atoms with Crippen LogP contribution in [0.1, 0.15) is 25.3 Å². The number of aryl methyl sites for hydroxylation is 1. The highest BCUT2D eigenvalue weighted by Crippen LogP contribution is 2.18. The van der Waals surface area contributed by atoms with Gasteiger partial charge in [-0.25, -0.2) is 4.98 Å². The first-order valence-electron chi connectivity index (χ1n) is 10.6. The van der Waals surface area contributed by atoms with Gasteiger partial charge in [0, 0.05) is 58.6 Å². The van der Waals surface area contributed by atoms with Gasteiger partial charge in [0.2, 0.25) is 0 Å². The molecule has 2 saturated heterocycles. The smallest absolute Gasteiger partial charge is 0.191 e. The molecule has 3 heterocycles. The molecule has 1 aromatic heterocycles. The number of aliphatic imine (C=N–C) groups is 1. The Kier molecular flexibility index (Phi) is 7.91. The Labute approximate surface area is 169 Å². The van der Waals surface area contributed by atoms with Crippen LogP contribution < -0.4 is 15.5 Å². The zero-order chi connectivity index (χ0) is 19.8. The molecule has 2 fully saturated rings. The zero-order valence-electron chi connectivity index (χ0n) is 17.7. The fourth-order valence-electron chi connectivity index (χ4n) is 3.85. The molecule has 7 heteroatoms. The van der Waals surface area contributed by atoms with Crippen molar-refractivity contribution in [2.45, 2.75) is 32.7 Å². The van der Waals surface area contributed by atoms with E-state index in [1.54, 1.807) is 0 Å². The lowest BCUT2D eigenvalue weighted by molar-refractivity contribution is 0.0320. The summed E-state index contributed by atoms with van der Waals surface area (Å²) in [6, 6.07) is 4.72. The van der Waals surface area contributed by atoms with Gasteiger partial charge in [-0.2, -0.15) is 0 Å². The number of guanidine groups is 1. The Hall–Kier alpha value is -1.86. The third-order valence-corrected chi connectivity index (χ3v) is 5.57. The number of nitrogens with zero attached hydrogens (tertiary/aromatic N) is 4. The molecule has 0 radical (unpaired) electrons. The van der Waals surface area contributed by atoms with Gasteiger partial charge in [-0.1, -0.05) is 13.0 Å². The second-order valence-corrected chi connectivity index (χ2v) is 8.07. The van der Waals surface area contributed by atoms with Crippen LogP contribution in [-0.2, 0) is 4.74 Å². The molecule has 7 nitrogen and oxygen atoms in total. The number of pyridine rings is 1. The molecule has 1 unspecified atom stereocenters. The van der Waals surface area contributed by atoms with Gasteiger partial charge in [0.15, 0.2) is 5.96 Å². The standard InChI is InChI=1S/C21H36N6O/c1-17-4-5-20(23-14-17)27-8-6-19(7-9-27)25-21(22-3)24-15-18(2)16-26-10-12-28-13-11-26/h4-5,14,18-19H,6-13,15-16H2,1-3H3,(H2,22,24,25). The van der Waals surface area contributed by atoms with E-state index < -0.39 is 0 Å². The molecule has 0 spiro atoms. The third kappa shape index (κ3) is 6.34. The first-order chi connectivity index (χ1) is 13.6. The van der Waals surface area contributed by atoms with Gasteiger partial charge in [0.25, 0.3) is 0 Å². The number of hydrogen-bond donors (Lipinski definition) is 2. The highest BCUT2D eigenvalue weighted by atomic mass is 16.5. The summed E-state index contributed by atoms with van der Waals surface area (Å²) >= 11 is 0. The summed E-state index contributed by atoms with van der Waals surface area (Å²) in [6.07, 6.45) is 4.14. The molecule has 0 bridgehead atoms. The van der Waals surface area contributed by atoms with Crippen molar-refractivity contribution in [3.63, 3.8) is 0 Å². The fraction of sp³-hybridized carbons (Fsp3) is 0.714. The van der Waals surface area contributed by atoms with Crippen LogP contribution in [0.4, 0.5) is 5.82 Å². The molecule has 0 amide bonds. The molecule has 0 aromatic carbocycles. The first kappa shape index (κ1) is 20.9. The summed E-state index contributed by atoms with van der Waals surface area (Å²) in [5.41, 5.74) is 1.21. The Morgan fingerprint density at radius 1 is 1.25 bits per heavy atom. The van der Waals surface area contributed by atoms with E-state index in [4.69, 9.17) is 4.74 Å². The molecule has 1 atom stereocenters. The topological polar surface area (TPSA) is 65.0 Å². The first-order valence-corrected chi connectivity index (χ1v) is 10.6. The number of ether oxygens (including phenoxy) is 1. The number of hydrogen-bond acceptors (Lipinski definition) is 5. The highest BCUT2D eigenvalue weighted by Gasteiger charge is 2.21. The van der Waals surface area contributed by atoms with Gasteiger partial charge in [-0.3, -0.25) is 9.89 Å². The lowest BCUT2D eigenvalue weighted by Crippen LogP contribution is -2.50. The van der Waals surface area contributed by atoms with Gasteiger partial charge in [0.05, 0.1) is 13.2 Å². The number of aromatic nitrogens is 1. The van der Waals surface area contributed by atoms with Gasteiger partial charge in [-0.15, -0.1) is 0 Å². The number of rotatable bonds is 6. The molecule has 2 N–H and O–H groups in total. The number of anilines is 1. The quantitative estimate of drug-likeness (QED) is 0.569. The summed E-state index contributed by atoms with van der Waals surface area (Å²) < 4.78 is 5.43. The van der Waals surface area contributed by atoms with Crippen molar-refractivity contribution in [3.8, 4) is 0 Å². The number of morpholine rings is 1. The van der Waals surface area contributed by atoms with E-state index in [1.165, 1.54) is 5.56 Å². The van der Waals surface area contributed by atoms with Crippen LogP contribution in [-0.4, -0.2) is 81.4 Å². The Bertz CT molecular complexity index is 606. The minimum absolute atomic E-state index is 0.461. The zero-order valence-corrected chi connectivity index (χ0v) is 17.7. The van der Waals surface area contributed by atoms with Crippen molar-refractivity contribution in [2.75, 3.05) is 64.4 Å². The van der Waals surface area contributed by atoms with E-state index in [0.29, 0.717) is 12.0 Å². The molecular weight excluding hydrogens is 352 g/mol. The summed E-state index contributed by atoms with van der Waals surface area (Å²) in [6.45, 7) is 12.3. The molecule has 2 aliphatic rings. The molecule has 0 saturated carbocycles. The number of piperidine rings is 1. The normalized spacial score (nSPS) is 20.8. The van der Waals surface area contributed by atoms with E-state index in [2.05, 4.69) is 56.4 Å². The lowest BCUT2D eigenvalue weighted by Gasteiger charge is -2.34. The van der Waals surface area contributed by atoms with E-state index in [9.17, 15) is 0 Å². The molecule has 3 rings (SSSR count). The van der Waals surface area contributed by atoms with E-state index >= 15 is 0 Å². The predicted octanol–water partition coefficient (Wildman–Crippen LogP) is 1.49. The average Bonchev–Trinajstić information content (AvgIpc) is 2.73. The monoisotopic (exact) mass is 388 g/mol. The van der Waals surface area contributed by atoms with Gasteiger partial charge < -0.3 is 20.3 Å². The van der Waals surface area contributed by atoms with Gasteiger partial charge in [0.1, 0.15) is 5.82 Å². The van der Waals surface area contributed by atoms with Crippen molar-refractivity contribution >= 4 is 11.8 Å². The SMILES string of the molecule is CN=C(NCC(C)CN1CCOCC1)NC1CCN(c2ccc(C)cn2)CC1. The van der Waals surface area contributed by atoms with Crippen LogP contribution in [0.15, 0.2) is 23.3 Å². The van der Waals surface area contributed by atoms with Crippen LogP contribution in [0.2, 0.25) is 0 Å². The maximum Gasteiger partial charge on any atom is 0.191 e. The fourth-order valence-corrected chi connectivity index (χ4v) is 3.85. The average molecular weight is 389 g/mol. The van der Waals surface area contributed by atoms with Crippen LogP contribution in [0.25, 0.3) is 0 Å². The molecule has 156 valence electrons. The summed E-state index contributed by atoms with van der Waals surface area (Å²) in [5.74, 6) is 2.58. The molecule has 28 heavy (non-hydrogen) atoms.